The van der Waals surface area contributed by atoms with Crippen molar-refractivity contribution in [3.05, 3.63) is 51.7 Å². The van der Waals surface area contributed by atoms with Crippen LogP contribution in [0.25, 0.3) is 0 Å². The fourth-order valence-electron chi connectivity index (χ4n) is 1.99. The largest absolute Gasteiger partial charge is 0.494 e. The highest BCUT2D eigenvalue weighted by atomic mass is 32.1. The highest BCUT2D eigenvalue weighted by molar-refractivity contribution is 7.08. The smallest absolute Gasteiger partial charge is 0.303 e. The molecule has 0 radical (unpaired) electrons. The first-order valence-corrected chi connectivity index (χ1v) is 8.25. The third-order valence-electron chi connectivity index (χ3n) is 3.28. The van der Waals surface area contributed by atoms with Gasteiger partial charge in [-0.1, -0.05) is 12.1 Å². The summed E-state index contributed by atoms with van der Waals surface area (Å²) in [5.41, 5.74) is 2.68. The molecule has 0 aliphatic carbocycles. The third-order valence-corrected chi connectivity index (χ3v) is 4.14. The number of rotatable bonds is 8. The molecule has 5 nitrogen and oxygen atoms in total. The van der Waals surface area contributed by atoms with E-state index in [1.54, 1.807) is 0 Å². The van der Waals surface area contributed by atoms with Gasteiger partial charge in [-0.15, -0.1) is 0 Å². The van der Waals surface area contributed by atoms with E-state index in [1.807, 2.05) is 41.9 Å². The molecule has 122 valence electrons. The molecule has 0 unspecified atom stereocenters. The Morgan fingerprint density at radius 3 is 2.57 bits per heavy atom. The molecule has 1 heterocycles. The number of carboxylic acid groups (broad SMARTS) is 1. The first kappa shape index (κ1) is 17.0. The topological polar surface area (TPSA) is 75.6 Å². The summed E-state index contributed by atoms with van der Waals surface area (Å²) in [5, 5.41) is 15.2. The number of ether oxygens (including phenoxy) is 1. The van der Waals surface area contributed by atoms with Crippen LogP contribution in [0, 0.1) is 6.92 Å². The molecule has 6 heteroatoms. The number of aliphatic carboxylic acids is 1. The Hall–Kier alpha value is -2.34. The van der Waals surface area contributed by atoms with Gasteiger partial charge in [0.25, 0.3) is 5.91 Å². The molecule has 23 heavy (non-hydrogen) atoms. The van der Waals surface area contributed by atoms with Gasteiger partial charge in [0.1, 0.15) is 5.75 Å². The minimum atomic E-state index is -0.819. The number of benzene rings is 1. The van der Waals surface area contributed by atoms with Gasteiger partial charge in [-0.2, -0.15) is 11.3 Å². The second-order valence-corrected chi connectivity index (χ2v) is 5.88. The summed E-state index contributed by atoms with van der Waals surface area (Å²) in [6.45, 7) is 2.75. The Morgan fingerprint density at radius 1 is 1.22 bits per heavy atom. The molecule has 0 bridgehead atoms. The van der Waals surface area contributed by atoms with Crippen molar-refractivity contribution in [2.45, 2.75) is 26.3 Å². The van der Waals surface area contributed by atoms with Crippen LogP contribution in [0.3, 0.4) is 0 Å². The Morgan fingerprint density at radius 2 is 1.96 bits per heavy atom. The van der Waals surface area contributed by atoms with E-state index in [-0.39, 0.29) is 12.3 Å². The van der Waals surface area contributed by atoms with Gasteiger partial charge in [-0.05, 0) is 42.0 Å². The van der Waals surface area contributed by atoms with E-state index in [0.717, 1.165) is 11.1 Å². The number of amides is 1. The molecule has 0 aliphatic heterocycles. The standard InChI is InChI=1S/C17H19NO4S/c1-12-10-23-11-15(12)17(21)18-9-13-4-6-14(7-5-13)22-8-2-3-16(19)20/h4-7,10-11H,2-3,8-9H2,1H3,(H,18,21)(H,19,20). The average Bonchev–Trinajstić information content (AvgIpc) is 2.96. The van der Waals surface area contributed by atoms with Crippen molar-refractivity contribution in [1.29, 1.82) is 0 Å². The molecule has 2 rings (SSSR count). The second-order valence-electron chi connectivity index (χ2n) is 5.14. The van der Waals surface area contributed by atoms with E-state index in [0.29, 0.717) is 30.9 Å². The normalized spacial score (nSPS) is 10.3. The van der Waals surface area contributed by atoms with Gasteiger partial charge in [0.15, 0.2) is 0 Å². The molecule has 0 spiro atoms. The number of thiophene rings is 1. The van der Waals surface area contributed by atoms with Crippen LogP contribution < -0.4 is 10.1 Å². The van der Waals surface area contributed by atoms with E-state index in [9.17, 15) is 9.59 Å². The van der Waals surface area contributed by atoms with E-state index < -0.39 is 5.97 Å². The Labute approximate surface area is 138 Å². The zero-order valence-corrected chi connectivity index (χ0v) is 13.7. The minimum Gasteiger partial charge on any atom is -0.494 e. The number of carbonyl (C=O) groups excluding carboxylic acids is 1. The summed E-state index contributed by atoms with van der Waals surface area (Å²) in [6, 6.07) is 7.40. The van der Waals surface area contributed by atoms with Crippen LogP contribution >= 0.6 is 11.3 Å². The first-order chi connectivity index (χ1) is 11.1. The lowest BCUT2D eigenvalue weighted by molar-refractivity contribution is -0.137. The van der Waals surface area contributed by atoms with Gasteiger partial charge in [0.2, 0.25) is 0 Å². The molecule has 2 N–H and O–H groups in total. The summed E-state index contributed by atoms with van der Waals surface area (Å²) in [7, 11) is 0. The average molecular weight is 333 g/mol. The van der Waals surface area contributed by atoms with Crippen LogP contribution in [0.2, 0.25) is 0 Å². The molecule has 0 saturated heterocycles. The van der Waals surface area contributed by atoms with Gasteiger partial charge in [0.05, 0.1) is 12.2 Å². The highest BCUT2D eigenvalue weighted by Gasteiger charge is 2.09. The number of nitrogens with one attached hydrogen (secondary N) is 1. The number of aryl methyl sites for hydroxylation is 1. The monoisotopic (exact) mass is 333 g/mol. The Balaban J connectivity index is 1.77. The maximum atomic E-state index is 12.0. The SMILES string of the molecule is Cc1cscc1C(=O)NCc1ccc(OCCCC(=O)O)cc1. The number of hydrogen-bond acceptors (Lipinski definition) is 4. The Kier molecular flexibility index (Phi) is 6.17. The van der Waals surface area contributed by atoms with Crippen LogP contribution in [0.5, 0.6) is 5.75 Å². The van der Waals surface area contributed by atoms with Crippen LogP contribution in [-0.2, 0) is 11.3 Å². The zero-order chi connectivity index (χ0) is 16.7. The molecule has 1 aromatic carbocycles. The Bertz CT molecular complexity index is 663. The van der Waals surface area contributed by atoms with E-state index in [1.165, 1.54) is 11.3 Å². The van der Waals surface area contributed by atoms with Crippen LogP contribution in [0.1, 0.15) is 34.3 Å². The van der Waals surface area contributed by atoms with Crippen molar-refractivity contribution >= 4 is 23.2 Å². The van der Waals surface area contributed by atoms with Gasteiger partial charge >= 0.3 is 5.97 Å². The lowest BCUT2D eigenvalue weighted by atomic mass is 10.2. The second kappa shape index (κ2) is 8.33. The first-order valence-electron chi connectivity index (χ1n) is 7.31. The molecular formula is C17H19NO4S. The van der Waals surface area contributed by atoms with Gasteiger partial charge in [-0.25, -0.2) is 0 Å². The van der Waals surface area contributed by atoms with Crippen molar-refractivity contribution in [1.82, 2.24) is 5.32 Å². The molecule has 2 aromatic rings. The molecule has 0 aliphatic rings. The fourth-order valence-corrected chi connectivity index (χ4v) is 2.82. The van der Waals surface area contributed by atoms with Crippen molar-refractivity contribution < 1.29 is 19.4 Å². The van der Waals surface area contributed by atoms with Crippen molar-refractivity contribution in [3.63, 3.8) is 0 Å². The lowest BCUT2D eigenvalue weighted by Crippen LogP contribution is -2.22. The zero-order valence-electron chi connectivity index (χ0n) is 12.9. The molecule has 1 aromatic heterocycles. The van der Waals surface area contributed by atoms with Crippen molar-refractivity contribution in [3.8, 4) is 5.75 Å². The number of carbonyl (C=O) groups is 2. The van der Waals surface area contributed by atoms with Gasteiger partial charge in [0, 0.05) is 18.3 Å². The molecular weight excluding hydrogens is 314 g/mol. The van der Waals surface area contributed by atoms with E-state index in [2.05, 4.69) is 5.32 Å². The van der Waals surface area contributed by atoms with Crippen LogP contribution in [0.4, 0.5) is 0 Å². The van der Waals surface area contributed by atoms with E-state index >= 15 is 0 Å². The summed E-state index contributed by atoms with van der Waals surface area (Å²) in [4.78, 5) is 22.4. The highest BCUT2D eigenvalue weighted by Crippen LogP contribution is 2.15. The third kappa shape index (κ3) is 5.41. The van der Waals surface area contributed by atoms with Crippen molar-refractivity contribution in [2.75, 3.05) is 6.61 Å². The van der Waals surface area contributed by atoms with Crippen LogP contribution in [0.15, 0.2) is 35.0 Å². The molecule has 1 amide bonds. The van der Waals surface area contributed by atoms with E-state index in [4.69, 9.17) is 9.84 Å². The fraction of sp³-hybridized carbons (Fsp3) is 0.294. The molecule has 0 fully saturated rings. The minimum absolute atomic E-state index is 0.0715. The summed E-state index contributed by atoms with van der Waals surface area (Å²) >= 11 is 1.52. The lowest BCUT2D eigenvalue weighted by Gasteiger charge is -2.08. The molecule has 0 atom stereocenters. The van der Waals surface area contributed by atoms with Gasteiger partial charge in [-0.3, -0.25) is 9.59 Å². The number of hydrogen-bond donors (Lipinski definition) is 2. The maximum Gasteiger partial charge on any atom is 0.303 e. The summed E-state index contributed by atoms with van der Waals surface area (Å²) < 4.78 is 5.46. The summed E-state index contributed by atoms with van der Waals surface area (Å²) in [5.74, 6) is -0.197. The van der Waals surface area contributed by atoms with Gasteiger partial charge < -0.3 is 15.2 Å². The predicted octanol–water partition coefficient (Wildman–Crippen LogP) is 3.23. The predicted molar refractivity (Wildman–Crippen MR) is 89.0 cm³/mol. The van der Waals surface area contributed by atoms with Crippen molar-refractivity contribution in [2.24, 2.45) is 0 Å². The summed E-state index contributed by atoms with van der Waals surface area (Å²) in [6.07, 6.45) is 0.583. The number of carboxylic acids is 1. The quantitative estimate of drug-likeness (QED) is 0.727. The van der Waals surface area contributed by atoms with Crippen LogP contribution in [-0.4, -0.2) is 23.6 Å². The maximum absolute atomic E-state index is 12.0. The molecule has 0 saturated carbocycles.